The molecule has 2 rings (SSSR count). The zero-order valence-electron chi connectivity index (χ0n) is 11.0. The van der Waals surface area contributed by atoms with Crippen LogP contribution >= 0.6 is 0 Å². The number of rotatable bonds is 4. The normalized spacial score (nSPS) is 13.8. The first-order chi connectivity index (χ1) is 9.05. The molecule has 0 bridgehead atoms. The minimum absolute atomic E-state index is 0.192. The summed E-state index contributed by atoms with van der Waals surface area (Å²) in [7, 11) is 0. The molecule has 0 saturated carbocycles. The lowest BCUT2D eigenvalue weighted by Crippen LogP contribution is -2.46. The van der Waals surface area contributed by atoms with Crippen molar-refractivity contribution in [1.82, 2.24) is 5.32 Å². The average Bonchev–Trinajstić information content (AvgIpc) is 2.86. The number of aryl methyl sites for hydroxylation is 1. The highest BCUT2D eigenvalue weighted by Gasteiger charge is 2.29. The average molecular weight is 259 g/mol. The molecule has 2 aromatic rings. The van der Waals surface area contributed by atoms with Gasteiger partial charge in [-0.3, -0.25) is 4.79 Å². The molecule has 0 aliphatic heterocycles. The predicted octanol–water partition coefficient (Wildman–Crippen LogP) is 2.23. The number of furan rings is 1. The number of hydrogen-bond acceptors (Lipinski definition) is 3. The monoisotopic (exact) mass is 259 g/mol. The van der Waals surface area contributed by atoms with E-state index in [9.17, 15) is 9.90 Å². The number of aliphatic hydroxyl groups excluding tert-OH is 1. The van der Waals surface area contributed by atoms with E-state index in [-0.39, 0.29) is 18.3 Å². The molecule has 1 atom stereocenters. The fourth-order valence-corrected chi connectivity index (χ4v) is 1.88. The topological polar surface area (TPSA) is 62.5 Å². The van der Waals surface area contributed by atoms with E-state index in [0.717, 1.165) is 5.56 Å². The van der Waals surface area contributed by atoms with Gasteiger partial charge in [0.25, 0.3) is 5.91 Å². The molecule has 2 N–H and O–H groups in total. The van der Waals surface area contributed by atoms with Gasteiger partial charge >= 0.3 is 0 Å². The van der Waals surface area contributed by atoms with Crippen molar-refractivity contribution in [2.75, 3.05) is 6.61 Å². The van der Waals surface area contributed by atoms with E-state index < -0.39 is 5.54 Å². The van der Waals surface area contributed by atoms with E-state index in [1.54, 1.807) is 26.0 Å². The first-order valence-electron chi connectivity index (χ1n) is 6.10. The molecule has 4 heteroatoms. The molecule has 19 heavy (non-hydrogen) atoms. The van der Waals surface area contributed by atoms with Crippen LogP contribution in [-0.2, 0) is 5.54 Å². The maximum Gasteiger partial charge on any atom is 0.287 e. The molecule has 0 aliphatic rings. The van der Waals surface area contributed by atoms with Gasteiger partial charge in [-0.05, 0) is 31.5 Å². The maximum atomic E-state index is 12.1. The Balaban J connectivity index is 2.22. The Hall–Kier alpha value is -2.07. The first kappa shape index (κ1) is 13.4. The highest BCUT2D eigenvalue weighted by Crippen LogP contribution is 2.20. The molecular formula is C15H17NO3. The van der Waals surface area contributed by atoms with Crippen molar-refractivity contribution in [2.24, 2.45) is 0 Å². The van der Waals surface area contributed by atoms with Crippen molar-refractivity contribution in [3.05, 3.63) is 59.5 Å². The van der Waals surface area contributed by atoms with E-state index in [1.165, 1.54) is 0 Å². The van der Waals surface area contributed by atoms with Crippen molar-refractivity contribution < 1.29 is 14.3 Å². The molecule has 1 aromatic carbocycles. The molecule has 1 heterocycles. The third kappa shape index (κ3) is 2.85. The lowest BCUT2D eigenvalue weighted by molar-refractivity contribution is 0.0820. The summed E-state index contributed by atoms with van der Waals surface area (Å²) in [6, 6.07) is 12.7. The Bertz CT molecular complexity index is 562. The Morgan fingerprint density at radius 3 is 2.47 bits per heavy atom. The number of hydrogen-bond donors (Lipinski definition) is 2. The highest BCUT2D eigenvalue weighted by atomic mass is 16.3. The number of amides is 1. The van der Waals surface area contributed by atoms with E-state index in [2.05, 4.69) is 5.32 Å². The molecule has 0 radical (unpaired) electrons. The largest absolute Gasteiger partial charge is 0.456 e. The molecule has 1 aromatic heterocycles. The van der Waals surface area contributed by atoms with Crippen molar-refractivity contribution >= 4 is 5.91 Å². The molecule has 1 amide bonds. The van der Waals surface area contributed by atoms with Gasteiger partial charge < -0.3 is 14.8 Å². The zero-order valence-corrected chi connectivity index (χ0v) is 11.0. The molecule has 0 fully saturated rings. The van der Waals surface area contributed by atoms with Crippen molar-refractivity contribution in [3.8, 4) is 0 Å². The van der Waals surface area contributed by atoms with Gasteiger partial charge in [-0.15, -0.1) is 0 Å². The summed E-state index contributed by atoms with van der Waals surface area (Å²) in [4.78, 5) is 12.1. The Kier molecular flexibility index (Phi) is 3.71. The zero-order chi connectivity index (χ0) is 13.9. The first-order valence-corrected chi connectivity index (χ1v) is 6.10. The second-order valence-corrected chi connectivity index (χ2v) is 4.72. The quantitative estimate of drug-likeness (QED) is 0.885. The Labute approximate surface area is 112 Å². The van der Waals surface area contributed by atoms with Crippen LogP contribution in [0, 0.1) is 6.92 Å². The van der Waals surface area contributed by atoms with Crippen LogP contribution in [0.3, 0.4) is 0 Å². The van der Waals surface area contributed by atoms with Crippen molar-refractivity contribution in [3.63, 3.8) is 0 Å². The number of nitrogens with one attached hydrogen (secondary N) is 1. The van der Waals surface area contributed by atoms with Crippen molar-refractivity contribution in [2.45, 2.75) is 19.4 Å². The summed E-state index contributed by atoms with van der Waals surface area (Å²) in [5.41, 5.74) is 0.00750. The summed E-state index contributed by atoms with van der Waals surface area (Å²) in [6.07, 6.45) is 0. The summed E-state index contributed by atoms with van der Waals surface area (Å²) < 4.78 is 5.28. The summed E-state index contributed by atoms with van der Waals surface area (Å²) in [6.45, 7) is 3.36. The van der Waals surface area contributed by atoms with Gasteiger partial charge in [0.1, 0.15) is 5.76 Å². The van der Waals surface area contributed by atoms with Crippen LogP contribution in [0.25, 0.3) is 0 Å². The van der Waals surface area contributed by atoms with Crippen LogP contribution < -0.4 is 5.32 Å². The van der Waals surface area contributed by atoms with Crippen LogP contribution in [0.4, 0.5) is 0 Å². The van der Waals surface area contributed by atoms with E-state index >= 15 is 0 Å². The number of aliphatic hydroxyl groups is 1. The van der Waals surface area contributed by atoms with Gasteiger partial charge in [-0.1, -0.05) is 30.3 Å². The fraction of sp³-hybridized carbons (Fsp3) is 0.267. The third-order valence-corrected chi connectivity index (χ3v) is 3.08. The second-order valence-electron chi connectivity index (χ2n) is 4.72. The Morgan fingerprint density at radius 2 is 1.95 bits per heavy atom. The van der Waals surface area contributed by atoms with Crippen LogP contribution in [0.15, 0.2) is 46.9 Å². The molecule has 0 saturated heterocycles. The standard InChI is InChI=1S/C15H17NO3/c1-11-8-9-13(19-11)14(18)16-15(2,10-17)12-6-4-3-5-7-12/h3-9,17H,10H2,1-2H3,(H,16,18). The molecule has 100 valence electrons. The minimum Gasteiger partial charge on any atom is -0.456 e. The number of carbonyl (C=O) groups excluding carboxylic acids is 1. The van der Waals surface area contributed by atoms with Gasteiger partial charge in [0, 0.05) is 0 Å². The molecule has 0 aliphatic carbocycles. The SMILES string of the molecule is Cc1ccc(C(=O)NC(C)(CO)c2ccccc2)o1. The van der Waals surface area contributed by atoms with Gasteiger partial charge in [0.05, 0.1) is 12.1 Å². The highest BCUT2D eigenvalue weighted by molar-refractivity contribution is 5.92. The van der Waals surface area contributed by atoms with Gasteiger partial charge in [0.2, 0.25) is 0 Å². The third-order valence-electron chi connectivity index (χ3n) is 3.08. The lowest BCUT2D eigenvalue weighted by Gasteiger charge is -2.28. The smallest absolute Gasteiger partial charge is 0.287 e. The summed E-state index contributed by atoms with van der Waals surface area (Å²) in [5.74, 6) is 0.581. The van der Waals surface area contributed by atoms with Crippen LogP contribution in [0.1, 0.15) is 28.8 Å². The van der Waals surface area contributed by atoms with Crippen LogP contribution in [-0.4, -0.2) is 17.6 Å². The van der Waals surface area contributed by atoms with Gasteiger partial charge in [0.15, 0.2) is 5.76 Å². The van der Waals surface area contributed by atoms with Gasteiger partial charge in [-0.25, -0.2) is 0 Å². The summed E-state index contributed by atoms with van der Waals surface area (Å²) >= 11 is 0. The predicted molar refractivity (Wildman–Crippen MR) is 71.8 cm³/mol. The minimum atomic E-state index is -0.834. The number of benzene rings is 1. The molecular weight excluding hydrogens is 242 g/mol. The molecule has 0 spiro atoms. The lowest BCUT2D eigenvalue weighted by atomic mass is 9.93. The van der Waals surface area contributed by atoms with E-state index in [4.69, 9.17) is 4.42 Å². The maximum absolute atomic E-state index is 12.1. The Morgan fingerprint density at radius 1 is 1.26 bits per heavy atom. The second kappa shape index (κ2) is 5.28. The summed E-state index contributed by atoms with van der Waals surface area (Å²) in [5, 5.41) is 12.4. The van der Waals surface area contributed by atoms with E-state index in [0.29, 0.717) is 5.76 Å². The fourth-order valence-electron chi connectivity index (χ4n) is 1.88. The van der Waals surface area contributed by atoms with Crippen molar-refractivity contribution in [1.29, 1.82) is 0 Å². The van der Waals surface area contributed by atoms with Crippen LogP contribution in [0.5, 0.6) is 0 Å². The molecule has 1 unspecified atom stereocenters. The van der Waals surface area contributed by atoms with Crippen LogP contribution in [0.2, 0.25) is 0 Å². The van der Waals surface area contributed by atoms with Gasteiger partial charge in [-0.2, -0.15) is 0 Å². The van der Waals surface area contributed by atoms with E-state index in [1.807, 2.05) is 30.3 Å². The molecule has 4 nitrogen and oxygen atoms in total. The number of carbonyl (C=O) groups is 1.